The minimum Gasteiger partial charge on any atom is -0.478 e. The summed E-state index contributed by atoms with van der Waals surface area (Å²) in [5.74, 6) is -1.98. The van der Waals surface area contributed by atoms with Crippen molar-refractivity contribution in [2.75, 3.05) is 7.05 Å². The van der Waals surface area contributed by atoms with Crippen molar-refractivity contribution in [3.63, 3.8) is 0 Å². The van der Waals surface area contributed by atoms with E-state index in [9.17, 15) is 9.18 Å². The Morgan fingerprint density at radius 1 is 1.19 bits per heavy atom. The van der Waals surface area contributed by atoms with Gasteiger partial charge in [0.1, 0.15) is 5.82 Å². The van der Waals surface area contributed by atoms with Gasteiger partial charge in [-0.2, -0.15) is 0 Å². The molecule has 3 nitrogen and oxygen atoms in total. The van der Waals surface area contributed by atoms with Crippen LogP contribution in [-0.4, -0.2) is 23.0 Å². The number of nitrogens with zero attached hydrogens (tertiary/aromatic N) is 1. The summed E-state index contributed by atoms with van der Waals surface area (Å²) < 4.78 is 13.3. The second-order valence-electron chi connectivity index (χ2n) is 4.92. The van der Waals surface area contributed by atoms with E-state index in [1.54, 1.807) is 6.07 Å². The number of rotatable bonds is 5. The molecule has 0 saturated carbocycles. The second-order valence-corrected chi connectivity index (χ2v) is 5.36. The summed E-state index contributed by atoms with van der Waals surface area (Å²) >= 11 is 5.94. The second kappa shape index (κ2) is 6.70. The largest absolute Gasteiger partial charge is 0.478 e. The number of hydrogen-bond acceptors (Lipinski definition) is 2. The van der Waals surface area contributed by atoms with Gasteiger partial charge < -0.3 is 5.11 Å². The van der Waals surface area contributed by atoms with Crippen molar-refractivity contribution in [1.29, 1.82) is 0 Å². The zero-order valence-corrected chi connectivity index (χ0v) is 12.3. The molecule has 2 aromatic rings. The van der Waals surface area contributed by atoms with Crippen molar-refractivity contribution >= 4 is 17.6 Å². The number of carbonyl (C=O) groups is 1. The highest BCUT2D eigenvalue weighted by atomic mass is 35.5. The molecule has 2 rings (SSSR count). The molecule has 1 N–H and O–H groups in total. The normalized spacial score (nSPS) is 10.9. The van der Waals surface area contributed by atoms with Gasteiger partial charge in [-0.15, -0.1) is 0 Å². The summed E-state index contributed by atoms with van der Waals surface area (Å²) in [5.41, 5.74) is 1.51. The predicted molar refractivity (Wildman–Crippen MR) is 80.0 cm³/mol. The van der Waals surface area contributed by atoms with Crippen molar-refractivity contribution in [3.8, 4) is 0 Å². The smallest absolute Gasteiger partial charge is 0.338 e. The van der Waals surface area contributed by atoms with E-state index in [4.69, 9.17) is 16.7 Å². The molecule has 0 aliphatic heterocycles. The van der Waals surface area contributed by atoms with Crippen LogP contribution >= 0.6 is 11.6 Å². The minimum absolute atomic E-state index is 0.302. The molecule has 0 bridgehead atoms. The van der Waals surface area contributed by atoms with Crippen LogP contribution in [0.4, 0.5) is 4.39 Å². The third-order valence-corrected chi connectivity index (χ3v) is 3.29. The number of aromatic carboxylic acids is 1. The van der Waals surface area contributed by atoms with Crippen molar-refractivity contribution in [1.82, 2.24) is 4.90 Å². The molecular formula is C16H15ClFNO2. The van der Waals surface area contributed by atoms with Crippen LogP contribution in [0, 0.1) is 5.82 Å². The summed E-state index contributed by atoms with van der Waals surface area (Å²) in [4.78, 5) is 12.9. The molecule has 0 radical (unpaired) electrons. The molecule has 110 valence electrons. The first-order valence-corrected chi connectivity index (χ1v) is 6.78. The highest BCUT2D eigenvalue weighted by Gasteiger charge is 2.11. The van der Waals surface area contributed by atoms with Crippen LogP contribution in [-0.2, 0) is 13.1 Å². The zero-order valence-electron chi connectivity index (χ0n) is 11.5. The average molecular weight is 308 g/mol. The lowest BCUT2D eigenvalue weighted by Crippen LogP contribution is -2.17. The van der Waals surface area contributed by atoms with Crippen LogP contribution in [0.1, 0.15) is 21.5 Å². The highest BCUT2D eigenvalue weighted by Crippen LogP contribution is 2.15. The van der Waals surface area contributed by atoms with Gasteiger partial charge in [-0.3, -0.25) is 4.90 Å². The maximum absolute atomic E-state index is 13.3. The molecule has 0 atom stereocenters. The molecule has 0 amide bonds. The molecule has 0 spiro atoms. The van der Waals surface area contributed by atoms with E-state index in [-0.39, 0.29) is 5.56 Å². The topological polar surface area (TPSA) is 40.5 Å². The third kappa shape index (κ3) is 4.28. The van der Waals surface area contributed by atoms with Crippen LogP contribution in [0.5, 0.6) is 0 Å². The van der Waals surface area contributed by atoms with E-state index in [1.807, 2.05) is 36.2 Å². The van der Waals surface area contributed by atoms with E-state index >= 15 is 0 Å². The maximum Gasteiger partial charge on any atom is 0.338 e. The summed E-state index contributed by atoms with van der Waals surface area (Å²) in [5, 5.41) is 9.60. The van der Waals surface area contributed by atoms with E-state index in [2.05, 4.69) is 0 Å². The molecule has 0 saturated heterocycles. The molecule has 21 heavy (non-hydrogen) atoms. The lowest BCUT2D eigenvalue weighted by atomic mass is 10.1. The van der Waals surface area contributed by atoms with Crippen LogP contribution in [0.2, 0.25) is 5.02 Å². The van der Waals surface area contributed by atoms with Crippen LogP contribution in [0.15, 0.2) is 42.5 Å². The zero-order chi connectivity index (χ0) is 15.4. The number of benzene rings is 2. The van der Waals surface area contributed by atoms with Gasteiger partial charge in [0.2, 0.25) is 0 Å². The van der Waals surface area contributed by atoms with Gasteiger partial charge in [0.25, 0.3) is 0 Å². The summed E-state index contributed by atoms with van der Waals surface area (Å²) in [6.07, 6.45) is 0. The Morgan fingerprint density at radius 3 is 2.48 bits per heavy atom. The van der Waals surface area contributed by atoms with Crippen molar-refractivity contribution in [2.24, 2.45) is 0 Å². The Balaban J connectivity index is 2.07. The van der Waals surface area contributed by atoms with Gasteiger partial charge in [-0.25, -0.2) is 9.18 Å². The highest BCUT2D eigenvalue weighted by molar-refractivity contribution is 6.30. The first-order chi connectivity index (χ1) is 9.95. The van der Waals surface area contributed by atoms with Gasteiger partial charge in [0.15, 0.2) is 0 Å². The Morgan fingerprint density at radius 2 is 1.86 bits per heavy atom. The van der Waals surface area contributed by atoms with Gasteiger partial charge in [-0.05, 0) is 42.4 Å². The molecule has 0 fully saturated rings. The van der Waals surface area contributed by atoms with Crippen LogP contribution in [0.25, 0.3) is 0 Å². The Hall–Kier alpha value is -1.91. The average Bonchev–Trinajstić information content (AvgIpc) is 2.40. The monoisotopic (exact) mass is 307 g/mol. The third-order valence-electron chi connectivity index (χ3n) is 3.06. The maximum atomic E-state index is 13.3. The summed E-state index contributed by atoms with van der Waals surface area (Å²) in [7, 11) is 1.91. The summed E-state index contributed by atoms with van der Waals surface area (Å²) in [6.45, 7) is 1.19. The minimum atomic E-state index is -1.26. The van der Waals surface area contributed by atoms with Crippen LogP contribution in [0.3, 0.4) is 0 Å². The quantitative estimate of drug-likeness (QED) is 0.913. The molecule has 0 unspecified atom stereocenters. The Bertz CT molecular complexity index is 660. The SMILES string of the molecule is CN(Cc1cccc(Cl)c1)Cc1ccc(F)c(C(=O)O)c1. The number of halogens is 2. The Kier molecular flexibility index (Phi) is 4.94. The van der Waals surface area contributed by atoms with Gasteiger partial charge >= 0.3 is 5.97 Å². The first-order valence-electron chi connectivity index (χ1n) is 6.40. The predicted octanol–water partition coefficient (Wildman–Crippen LogP) is 3.81. The molecular weight excluding hydrogens is 293 g/mol. The molecule has 0 aromatic heterocycles. The van der Waals surface area contributed by atoms with E-state index in [0.29, 0.717) is 18.1 Å². The van der Waals surface area contributed by atoms with Gasteiger partial charge in [0.05, 0.1) is 5.56 Å². The lowest BCUT2D eigenvalue weighted by molar-refractivity contribution is 0.0691. The molecule has 0 heterocycles. The van der Waals surface area contributed by atoms with Crippen molar-refractivity contribution in [3.05, 3.63) is 70.0 Å². The standard InChI is InChI=1S/C16H15ClFNO2/c1-19(9-11-3-2-4-13(17)7-11)10-12-5-6-15(18)14(8-12)16(20)21/h2-8H,9-10H2,1H3,(H,20,21). The number of carboxylic acid groups (broad SMARTS) is 1. The molecule has 0 aliphatic rings. The molecule has 0 aliphatic carbocycles. The van der Waals surface area contributed by atoms with Crippen LogP contribution < -0.4 is 0 Å². The van der Waals surface area contributed by atoms with E-state index < -0.39 is 11.8 Å². The Labute approximate surface area is 127 Å². The van der Waals surface area contributed by atoms with E-state index in [1.165, 1.54) is 12.1 Å². The van der Waals surface area contributed by atoms with Crippen molar-refractivity contribution in [2.45, 2.75) is 13.1 Å². The van der Waals surface area contributed by atoms with Gasteiger partial charge in [0, 0.05) is 18.1 Å². The number of carboxylic acids is 1. The lowest BCUT2D eigenvalue weighted by Gasteiger charge is -2.17. The first kappa shape index (κ1) is 15.5. The molecule has 2 aromatic carbocycles. The van der Waals surface area contributed by atoms with Gasteiger partial charge in [-0.1, -0.05) is 29.8 Å². The fraction of sp³-hybridized carbons (Fsp3) is 0.188. The fourth-order valence-electron chi connectivity index (χ4n) is 2.15. The summed E-state index contributed by atoms with van der Waals surface area (Å²) in [6, 6.07) is 11.7. The molecule has 5 heteroatoms. The van der Waals surface area contributed by atoms with E-state index in [0.717, 1.165) is 11.1 Å². The van der Waals surface area contributed by atoms with Crippen molar-refractivity contribution < 1.29 is 14.3 Å². The fourth-order valence-corrected chi connectivity index (χ4v) is 2.36. The number of hydrogen-bond donors (Lipinski definition) is 1.